The van der Waals surface area contributed by atoms with Crippen molar-refractivity contribution in [2.75, 3.05) is 23.3 Å². The van der Waals surface area contributed by atoms with Crippen LogP contribution in [0.4, 0.5) is 11.4 Å². The highest BCUT2D eigenvalue weighted by Crippen LogP contribution is 2.24. The molecule has 1 aliphatic heterocycles. The molecule has 3 rings (SSSR count). The third-order valence-corrected chi connectivity index (χ3v) is 4.83. The molecule has 1 amide bonds. The standard InChI is InChI=1S/C21H26N2O/c1-16(2)17-8-10-19(11-9-17)22-21(24)18-12-14-23(15-13-18)20-6-4-3-5-7-20/h3-11,16,18H,12-15H2,1-2H3,(H,22,24). The maximum atomic E-state index is 12.5. The SMILES string of the molecule is CC(C)c1ccc(NC(=O)C2CCN(c3ccccc3)CC2)cc1. The summed E-state index contributed by atoms with van der Waals surface area (Å²) >= 11 is 0. The van der Waals surface area contributed by atoms with E-state index in [2.05, 4.69) is 60.5 Å². The van der Waals surface area contributed by atoms with Crippen molar-refractivity contribution in [3.05, 3.63) is 60.2 Å². The number of nitrogens with one attached hydrogen (secondary N) is 1. The number of para-hydroxylation sites is 1. The third kappa shape index (κ3) is 3.97. The number of anilines is 2. The molecule has 0 aromatic heterocycles. The van der Waals surface area contributed by atoms with E-state index >= 15 is 0 Å². The van der Waals surface area contributed by atoms with Crippen LogP contribution >= 0.6 is 0 Å². The van der Waals surface area contributed by atoms with Gasteiger partial charge in [0, 0.05) is 30.4 Å². The lowest BCUT2D eigenvalue weighted by Gasteiger charge is -2.33. The number of carbonyl (C=O) groups is 1. The van der Waals surface area contributed by atoms with Crippen LogP contribution in [0.25, 0.3) is 0 Å². The van der Waals surface area contributed by atoms with E-state index in [9.17, 15) is 4.79 Å². The van der Waals surface area contributed by atoms with E-state index in [4.69, 9.17) is 0 Å². The molecule has 1 fully saturated rings. The molecule has 126 valence electrons. The number of nitrogens with zero attached hydrogens (tertiary/aromatic N) is 1. The van der Waals surface area contributed by atoms with Crippen molar-refractivity contribution < 1.29 is 4.79 Å². The Balaban J connectivity index is 1.53. The van der Waals surface area contributed by atoms with Gasteiger partial charge >= 0.3 is 0 Å². The molecule has 0 aliphatic carbocycles. The molecule has 24 heavy (non-hydrogen) atoms. The first-order chi connectivity index (χ1) is 11.6. The summed E-state index contributed by atoms with van der Waals surface area (Å²) in [4.78, 5) is 14.9. The second-order valence-corrected chi connectivity index (χ2v) is 6.86. The number of benzene rings is 2. The van der Waals surface area contributed by atoms with Crippen molar-refractivity contribution in [2.45, 2.75) is 32.6 Å². The maximum absolute atomic E-state index is 12.5. The van der Waals surface area contributed by atoms with E-state index in [1.165, 1.54) is 11.3 Å². The van der Waals surface area contributed by atoms with Crippen LogP contribution < -0.4 is 10.2 Å². The van der Waals surface area contributed by atoms with Crippen molar-refractivity contribution in [1.82, 2.24) is 0 Å². The summed E-state index contributed by atoms with van der Waals surface area (Å²) < 4.78 is 0. The topological polar surface area (TPSA) is 32.3 Å². The Morgan fingerprint density at radius 1 is 1.00 bits per heavy atom. The second kappa shape index (κ2) is 7.52. The maximum Gasteiger partial charge on any atom is 0.227 e. The number of hydrogen-bond donors (Lipinski definition) is 1. The van der Waals surface area contributed by atoms with Gasteiger partial charge in [-0.05, 0) is 48.6 Å². The molecule has 0 unspecified atom stereocenters. The van der Waals surface area contributed by atoms with Crippen LogP contribution in [0.3, 0.4) is 0 Å². The number of rotatable bonds is 4. The summed E-state index contributed by atoms with van der Waals surface area (Å²) in [6, 6.07) is 18.6. The minimum absolute atomic E-state index is 0.106. The zero-order valence-corrected chi connectivity index (χ0v) is 14.5. The molecule has 0 spiro atoms. The lowest BCUT2D eigenvalue weighted by molar-refractivity contribution is -0.120. The van der Waals surface area contributed by atoms with Crippen molar-refractivity contribution in [1.29, 1.82) is 0 Å². The highest BCUT2D eigenvalue weighted by molar-refractivity contribution is 5.92. The summed E-state index contributed by atoms with van der Waals surface area (Å²) in [6.07, 6.45) is 1.82. The Hall–Kier alpha value is -2.29. The molecule has 1 saturated heterocycles. The Labute approximate surface area is 144 Å². The molecule has 0 radical (unpaired) electrons. The minimum atomic E-state index is 0.106. The second-order valence-electron chi connectivity index (χ2n) is 6.86. The summed E-state index contributed by atoms with van der Waals surface area (Å²) in [5.74, 6) is 0.770. The van der Waals surface area contributed by atoms with E-state index in [0.29, 0.717) is 5.92 Å². The molecule has 0 saturated carbocycles. The first-order valence-corrected chi connectivity index (χ1v) is 8.84. The van der Waals surface area contributed by atoms with E-state index in [1.54, 1.807) is 0 Å². The zero-order valence-electron chi connectivity index (χ0n) is 14.5. The monoisotopic (exact) mass is 322 g/mol. The highest BCUT2D eigenvalue weighted by atomic mass is 16.1. The van der Waals surface area contributed by atoms with Crippen LogP contribution in [0.2, 0.25) is 0 Å². The Kier molecular flexibility index (Phi) is 5.19. The quantitative estimate of drug-likeness (QED) is 0.887. The molecule has 3 nitrogen and oxygen atoms in total. The lowest BCUT2D eigenvalue weighted by atomic mass is 9.95. The van der Waals surface area contributed by atoms with Gasteiger partial charge < -0.3 is 10.2 Å². The van der Waals surface area contributed by atoms with Gasteiger partial charge in [-0.3, -0.25) is 4.79 Å². The number of amides is 1. The van der Waals surface area contributed by atoms with Gasteiger partial charge in [0.15, 0.2) is 0 Å². The number of carbonyl (C=O) groups excluding carboxylic acids is 1. The molecule has 0 atom stereocenters. The normalized spacial score (nSPS) is 15.5. The molecule has 1 aliphatic rings. The molecule has 0 bridgehead atoms. The van der Waals surface area contributed by atoms with Gasteiger partial charge in [0.25, 0.3) is 0 Å². The fourth-order valence-electron chi connectivity index (χ4n) is 3.23. The number of hydrogen-bond acceptors (Lipinski definition) is 2. The average molecular weight is 322 g/mol. The largest absolute Gasteiger partial charge is 0.371 e. The molecule has 1 N–H and O–H groups in total. The van der Waals surface area contributed by atoms with Gasteiger partial charge in [-0.1, -0.05) is 44.2 Å². The van der Waals surface area contributed by atoms with Crippen LogP contribution in [0, 0.1) is 5.92 Å². The first-order valence-electron chi connectivity index (χ1n) is 8.84. The predicted octanol–water partition coefficient (Wildman–Crippen LogP) is 4.67. The first kappa shape index (κ1) is 16.6. The molecular formula is C21H26N2O. The van der Waals surface area contributed by atoms with Crippen LogP contribution in [-0.4, -0.2) is 19.0 Å². The molecular weight excluding hydrogens is 296 g/mol. The smallest absolute Gasteiger partial charge is 0.227 e. The van der Waals surface area contributed by atoms with E-state index in [1.807, 2.05) is 18.2 Å². The Bertz CT molecular complexity index is 656. The van der Waals surface area contributed by atoms with Crippen molar-refractivity contribution in [3.63, 3.8) is 0 Å². The molecule has 1 heterocycles. The zero-order chi connectivity index (χ0) is 16.9. The summed E-state index contributed by atoms with van der Waals surface area (Å²) in [7, 11) is 0. The summed E-state index contributed by atoms with van der Waals surface area (Å²) in [5, 5.41) is 3.07. The van der Waals surface area contributed by atoms with Crippen molar-refractivity contribution >= 4 is 17.3 Å². The van der Waals surface area contributed by atoms with Crippen LogP contribution in [0.1, 0.15) is 38.2 Å². The van der Waals surface area contributed by atoms with Crippen molar-refractivity contribution in [2.24, 2.45) is 5.92 Å². The van der Waals surface area contributed by atoms with Crippen LogP contribution in [0.15, 0.2) is 54.6 Å². The van der Waals surface area contributed by atoms with E-state index < -0.39 is 0 Å². The summed E-state index contributed by atoms with van der Waals surface area (Å²) in [5.41, 5.74) is 3.44. The fraction of sp³-hybridized carbons (Fsp3) is 0.381. The summed E-state index contributed by atoms with van der Waals surface area (Å²) in [6.45, 7) is 6.23. The third-order valence-electron chi connectivity index (χ3n) is 4.83. The molecule has 2 aromatic rings. The Morgan fingerprint density at radius 3 is 2.21 bits per heavy atom. The van der Waals surface area contributed by atoms with Gasteiger partial charge in [0.05, 0.1) is 0 Å². The van der Waals surface area contributed by atoms with Gasteiger partial charge in [0.1, 0.15) is 0 Å². The minimum Gasteiger partial charge on any atom is -0.371 e. The number of piperidine rings is 1. The van der Waals surface area contributed by atoms with Gasteiger partial charge in [-0.25, -0.2) is 0 Å². The molecule has 2 aromatic carbocycles. The average Bonchev–Trinajstić information content (AvgIpc) is 2.63. The fourth-order valence-corrected chi connectivity index (χ4v) is 3.23. The van der Waals surface area contributed by atoms with Crippen molar-refractivity contribution in [3.8, 4) is 0 Å². The van der Waals surface area contributed by atoms with E-state index in [-0.39, 0.29) is 11.8 Å². The van der Waals surface area contributed by atoms with E-state index in [0.717, 1.165) is 31.6 Å². The van der Waals surface area contributed by atoms with Gasteiger partial charge in [0.2, 0.25) is 5.91 Å². The lowest BCUT2D eigenvalue weighted by Crippen LogP contribution is -2.38. The predicted molar refractivity (Wildman–Crippen MR) is 101 cm³/mol. The van der Waals surface area contributed by atoms with Crippen LogP contribution in [-0.2, 0) is 4.79 Å². The van der Waals surface area contributed by atoms with Gasteiger partial charge in [-0.2, -0.15) is 0 Å². The Morgan fingerprint density at radius 2 is 1.62 bits per heavy atom. The van der Waals surface area contributed by atoms with Crippen LogP contribution in [0.5, 0.6) is 0 Å². The highest BCUT2D eigenvalue weighted by Gasteiger charge is 2.25. The van der Waals surface area contributed by atoms with Gasteiger partial charge in [-0.15, -0.1) is 0 Å². The molecule has 3 heteroatoms.